The van der Waals surface area contributed by atoms with Crippen LogP contribution in [-0.2, 0) is 11.3 Å². The largest absolute Gasteiger partial charge is 0.574 e. The Morgan fingerprint density at radius 3 is 2.58 bits per heavy atom. The molecule has 7 nitrogen and oxygen atoms in total. The van der Waals surface area contributed by atoms with Gasteiger partial charge in [0.15, 0.2) is 0 Å². The normalized spacial score (nSPS) is 15.6. The Balaban J connectivity index is 1.72. The molecule has 1 aromatic carbocycles. The second-order valence-corrected chi connectivity index (χ2v) is 6.82. The molecule has 12 heteroatoms. The predicted molar refractivity (Wildman–Crippen MR) is 97.9 cm³/mol. The van der Waals surface area contributed by atoms with Gasteiger partial charge >= 0.3 is 12.4 Å². The van der Waals surface area contributed by atoms with Gasteiger partial charge in [-0.05, 0) is 26.0 Å². The van der Waals surface area contributed by atoms with Crippen molar-refractivity contribution in [2.75, 3.05) is 5.32 Å². The standard InChI is InChI=1S/C19H17F5N4O3/c1-9(12-4-3-11(20)7-13(12)21)25-17(29)10(2)28-8-15-14(27-18(28)30)5-6-16(26-15)31-19(22,23)24/h3-7,9-10H,8H2,1-2H3,(H,25,29)(H,27,30)/t9-,10-/m0/s1. The third-order valence-corrected chi connectivity index (χ3v) is 4.63. The molecule has 166 valence electrons. The minimum atomic E-state index is -4.93. The molecule has 0 saturated carbocycles. The number of ether oxygens (including phenoxy) is 1. The summed E-state index contributed by atoms with van der Waals surface area (Å²) in [7, 11) is 0. The molecular weight excluding hydrogens is 427 g/mol. The lowest BCUT2D eigenvalue weighted by molar-refractivity contribution is -0.276. The topological polar surface area (TPSA) is 83.6 Å². The van der Waals surface area contributed by atoms with Crippen LogP contribution in [0.15, 0.2) is 30.3 Å². The molecule has 0 fully saturated rings. The Hall–Kier alpha value is -3.44. The minimum Gasteiger partial charge on any atom is -0.388 e. The predicted octanol–water partition coefficient (Wildman–Crippen LogP) is 3.87. The number of urea groups is 1. The van der Waals surface area contributed by atoms with E-state index in [2.05, 4.69) is 20.4 Å². The molecule has 1 aliphatic heterocycles. The number of amides is 3. The molecule has 2 atom stereocenters. The van der Waals surface area contributed by atoms with E-state index < -0.39 is 47.9 Å². The maximum absolute atomic E-state index is 13.9. The monoisotopic (exact) mass is 444 g/mol. The van der Waals surface area contributed by atoms with Gasteiger partial charge in [0.1, 0.15) is 17.7 Å². The summed E-state index contributed by atoms with van der Waals surface area (Å²) in [4.78, 5) is 29.7. The van der Waals surface area contributed by atoms with Crippen molar-refractivity contribution >= 4 is 17.6 Å². The van der Waals surface area contributed by atoms with Gasteiger partial charge in [-0.1, -0.05) is 6.07 Å². The number of benzene rings is 1. The van der Waals surface area contributed by atoms with Crippen LogP contribution in [0.5, 0.6) is 5.88 Å². The molecule has 0 bridgehead atoms. The van der Waals surface area contributed by atoms with E-state index in [4.69, 9.17) is 0 Å². The highest BCUT2D eigenvalue weighted by molar-refractivity contribution is 5.95. The summed E-state index contributed by atoms with van der Waals surface area (Å²) >= 11 is 0. The lowest BCUT2D eigenvalue weighted by atomic mass is 10.1. The van der Waals surface area contributed by atoms with Crippen molar-refractivity contribution in [2.24, 2.45) is 0 Å². The summed E-state index contributed by atoms with van der Waals surface area (Å²) in [5.41, 5.74) is 0.301. The molecule has 0 spiro atoms. The number of aromatic nitrogens is 1. The van der Waals surface area contributed by atoms with Gasteiger partial charge in [0.25, 0.3) is 0 Å². The van der Waals surface area contributed by atoms with E-state index in [0.29, 0.717) is 6.07 Å². The average Bonchev–Trinajstić information content (AvgIpc) is 2.65. The van der Waals surface area contributed by atoms with E-state index in [0.717, 1.165) is 17.0 Å². The van der Waals surface area contributed by atoms with Crippen LogP contribution in [-0.4, -0.2) is 34.2 Å². The molecule has 3 rings (SSSR count). The number of hydrogen-bond acceptors (Lipinski definition) is 4. The van der Waals surface area contributed by atoms with E-state index in [9.17, 15) is 31.5 Å². The fraction of sp³-hybridized carbons (Fsp3) is 0.316. The number of halogens is 5. The van der Waals surface area contributed by atoms with Crippen LogP contribution in [0.1, 0.15) is 31.1 Å². The molecular formula is C19H17F5N4O3. The van der Waals surface area contributed by atoms with Crippen LogP contribution in [0.3, 0.4) is 0 Å². The van der Waals surface area contributed by atoms with E-state index in [-0.39, 0.29) is 23.5 Å². The number of hydrogen-bond donors (Lipinski definition) is 2. The van der Waals surface area contributed by atoms with Crippen LogP contribution in [0.25, 0.3) is 0 Å². The molecule has 3 amide bonds. The molecule has 2 N–H and O–H groups in total. The van der Waals surface area contributed by atoms with Gasteiger partial charge < -0.3 is 20.3 Å². The van der Waals surface area contributed by atoms with Crippen LogP contribution >= 0.6 is 0 Å². The number of nitrogens with one attached hydrogen (secondary N) is 2. The van der Waals surface area contributed by atoms with Gasteiger partial charge in [0, 0.05) is 17.7 Å². The highest BCUT2D eigenvalue weighted by Crippen LogP contribution is 2.28. The smallest absolute Gasteiger partial charge is 0.388 e. The Labute approximate surface area is 173 Å². The first-order valence-corrected chi connectivity index (χ1v) is 9.03. The Bertz CT molecular complexity index is 1010. The quantitative estimate of drug-likeness (QED) is 0.686. The van der Waals surface area contributed by atoms with Gasteiger partial charge in [0.2, 0.25) is 11.8 Å². The van der Waals surface area contributed by atoms with Crippen molar-refractivity contribution in [1.82, 2.24) is 15.2 Å². The SMILES string of the molecule is C[C@H](NC(=O)[C@H](C)N1Cc2nc(OC(F)(F)F)ccc2NC1=O)c1ccc(F)cc1F. The fourth-order valence-corrected chi connectivity index (χ4v) is 3.03. The molecule has 1 aromatic heterocycles. The molecule has 0 saturated heterocycles. The fourth-order valence-electron chi connectivity index (χ4n) is 3.03. The zero-order valence-corrected chi connectivity index (χ0v) is 16.3. The highest BCUT2D eigenvalue weighted by atomic mass is 19.4. The van der Waals surface area contributed by atoms with Gasteiger partial charge in [-0.25, -0.2) is 18.6 Å². The van der Waals surface area contributed by atoms with Crippen LogP contribution in [0.2, 0.25) is 0 Å². The Kier molecular flexibility index (Phi) is 6.00. The number of alkyl halides is 3. The first-order valence-electron chi connectivity index (χ1n) is 9.03. The summed E-state index contributed by atoms with van der Waals surface area (Å²) in [5, 5.41) is 4.97. The second kappa shape index (κ2) is 8.36. The summed E-state index contributed by atoms with van der Waals surface area (Å²) in [6.07, 6.45) is -4.93. The third-order valence-electron chi connectivity index (χ3n) is 4.63. The van der Waals surface area contributed by atoms with E-state index in [1.54, 1.807) is 0 Å². The molecule has 0 radical (unpaired) electrons. The van der Waals surface area contributed by atoms with Gasteiger partial charge in [0.05, 0.1) is 24.0 Å². The van der Waals surface area contributed by atoms with Gasteiger partial charge in [-0.3, -0.25) is 4.79 Å². The molecule has 1 aliphatic rings. The van der Waals surface area contributed by atoms with Gasteiger partial charge in [-0.15, -0.1) is 13.2 Å². The summed E-state index contributed by atoms with van der Waals surface area (Å²) in [6, 6.07) is 2.51. The number of fused-ring (bicyclic) bond motifs is 1. The number of anilines is 1. The molecule has 2 heterocycles. The third kappa shape index (κ3) is 5.19. The van der Waals surface area contributed by atoms with Crippen molar-refractivity contribution in [3.05, 3.63) is 53.2 Å². The zero-order chi connectivity index (χ0) is 22.9. The molecule has 31 heavy (non-hydrogen) atoms. The van der Waals surface area contributed by atoms with Crippen molar-refractivity contribution in [3.8, 4) is 5.88 Å². The van der Waals surface area contributed by atoms with E-state index in [1.807, 2.05) is 0 Å². The second-order valence-electron chi connectivity index (χ2n) is 6.82. The summed E-state index contributed by atoms with van der Waals surface area (Å²) < 4.78 is 68.0. The zero-order valence-electron chi connectivity index (χ0n) is 16.3. The van der Waals surface area contributed by atoms with E-state index in [1.165, 1.54) is 26.0 Å². The maximum Gasteiger partial charge on any atom is 0.574 e. The lowest BCUT2D eigenvalue weighted by Crippen LogP contribution is -2.51. The van der Waals surface area contributed by atoms with Crippen LogP contribution in [0, 0.1) is 11.6 Å². The Morgan fingerprint density at radius 2 is 1.94 bits per heavy atom. The number of rotatable bonds is 5. The van der Waals surface area contributed by atoms with Crippen molar-refractivity contribution < 1.29 is 36.3 Å². The maximum atomic E-state index is 13.9. The molecule has 0 unspecified atom stereocenters. The van der Waals surface area contributed by atoms with Crippen LogP contribution < -0.4 is 15.4 Å². The minimum absolute atomic E-state index is 0.0472. The summed E-state index contributed by atoms with van der Waals surface area (Å²) in [6.45, 7) is 2.61. The number of pyridine rings is 1. The van der Waals surface area contributed by atoms with Crippen molar-refractivity contribution in [1.29, 1.82) is 0 Å². The van der Waals surface area contributed by atoms with Crippen molar-refractivity contribution in [3.63, 3.8) is 0 Å². The first-order chi connectivity index (χ1) is 14.4. The van der Waals surface area contributed by atoms with E-state index >= 15 is 0 Å². The lowest BCUT2D eigenvalue weighted by Gasteiger charge is -2.33. The average molecular weight is 444 g/mol. The highest BCUT2D eigenvalue weighted by Gasteiger charge is 2.34. The Morgan fingerprint density at radius 1 is 1.23 bits per heavy atom. The number of carbonyl (C=O) groups is 2. The molecule has 0 aliphatic carbocycles. The summed E-state index contributed by atoms with van der Waals surface area (Å²) in [5.74, 6) is -2.97. The molecule has 2 aromatic rings. The van der Waals surface area contributed by atoms with Crippen LogP contribution in [0.4, 0.5) is 32.4 Å². The van der Waals surface area contributed by atoms with Gasteiger partial charge in [-0.2, -0.15) is 0 Å². The number of nitrogens with zero attached hydrogens (tertiary/aromatic N) is 2. The number of carbonyl (C=O) groups excluding carboxylic acids is 2. The first kappa shape index (κ1) is 22.2. The van der Waals surface area contributed by atoms with Crippen molar-refractivity contribution in [2.45, 2.75) is 38.8 Å².